The molecule has 2 aliphatic rings. The molecule has 3 atom stereocenters. The lowest BCUT2D eigenvalue weighted by Crippen LogP contribution is -2.57. The number of rotatable bonds is 8. The van der Waals surface area contributed by atoms with Gasteiger partial charge in [0, 0.05) is 6.54 Å². The maximum Gasteiger partial charge on any atom is 0.407 e. The molecular formula is C26H30Cl2F3N3O4S. The summed E-state index contributed by atoms with van der Waals surface area (Å²) in [5.41, 5.74) is 2.91. The first-order valence-electron chi connectivity index (χ1n) is 12.7. The van der Waals surface area contributed by atoms with Crippen LogP contribution in [-0.2, 0) is 27.8 Å². The number of alkyl halides is 3. The molecule has 1 fully saturated rings. The number of aliphatic hydroxyl groups is 1. The van der Waals surface area contributed by atoms with Gasteiger partial charge in [-0.15, -0.1) is 0 Å². The van der Waals surface area contributed by atoms with Gasteiger partial charge in [0.1, 0.15) is 4.90 Å². The zero-order chi connectivity index (χ0) is 28.4. The molecule has 1 amide bonds. The summed E-state index contributed by atoms with van der Waals surface area (Å²) in [6, 6.07) is 5.60. The second-order valence-corrected chi connectivity index (χ2v) is 12.4. The van der Waals surface area contributed by atoms with Gasteiger partial charge in [-0.3, -0.25) is 9.69 Å². The molecule has 2 aromatic carbocycles. The number of aliphatic hydroxyl groups excluding tert-OH is 1. The number of likely N-dealkylation sites (tertiary alicyclic amines) is 1. The maximum atomic E-state index is 13.9. The van der Waals surface area contributed by atoms with E-state index < -0.39 is 50.2 Å². The summed E-state index contributed by atoms with van der Waals surface area (Å²) in [7, 11) is -4.90. The number of nitrogens with zero attached hydrogens (tertiary/aromatic N) is 1. The predicted molar refractivity (Wildman–Crippen MR) is 142 cm³/mol. The van der Waals surface area contributed by atoms with Gasteiger partial charge in [0.25, 0.3) is 5.91 Å². The molecule has 1 saturated heterocycles. The first kappa shape index (κ1) is 30.1. The van der Waals surface area contributed by atoms with E-state index in [0.717, 1.165) is 48.8 Å². The number of nitrogens with one attached hydrogen (secondary N) is 2. The highest BCUT2D eigenvalue weighted by Gasteiger charge is 2.50. The van der Waals surface area contributed by atoms with E-state index >= 15 is 0 Å². The fourth-order valence-corrected chi connectivity index (χ4v) is 7.12. The number of hydrogen-bond donors (Lipinski definition) is 3. The SMILES string of the molecule is O=C(N[C@@H]1CCCc2cc(CN3CCCCC3)ccc21)[C@H](O)[C@@H](NS(=O)(=O)c1cccc(Cl)c1Cl)C(F)(F)F. The van der Waals surface area contributed by atoms with E-state index in [1.165, 1.54) is 36.1 Å². The average molecular weight is 609 g/mol. The summed E-state index contributed by atoms with van der Waals surface area (Å²) in [4.78, 5) is 14.5. The summed E-state index contributed by atoms with van der Waals surface area (Å²) in [5, 5.41) is 12.3. The molecule has 2 aromatic rings. The number of piperidine rings is 1. The summed E-state index contributed by atoms with van der Waals surface area (Å²) in [6.07, 6.45) is -2.53. The Hall–Kier alpha value is -1.89. The molecule has 0 bridgehead atoms. The van der Waals surface area contributed by atoms with Crippen LogP contribution in [-0.4, -0.2) is 55.7 Å². The van der Waals surface area contributed by atoms with Crippen LogP contribution >= 0.6 is 23.2 Å². The zero-order valence-corrected chi connectivity index (χ0v) is 23.3. The van der Waals surface area contributed by atoms with Gasteiger partial charge >= 0.3 is 6.18 Å². The fraction of sp³-hybridized carbons (Fsp3) is 0.500. The lowest BCUT2D eigenvalue weighted by molar-refractivity contribution is -0.178. The minimum absolute atomic E-state index is 0.184. The number of fused-ring (bicyclic) bond motifs is 1. The van der Waals surface area contributed by atoms with Gasteiger partial charge in [-0.1, -0.05) is 53.9 Å². The third-order valence-corrected chi connectivity index (χ3v) is 9.53. The molecule has 1 heterocycles. The number of carbonyl (C=O) groups excluding carboxylic acids is 1. The largest absolute Gasteiger partial charge is 0.407 e. The minimum atomic E-state index is -5.29. The molecule has 1 aliphatic carbocycles. The van der Waals surface area contributed by atoms with Crippen LogP contribution in [0.5, 0.6) is 0 Å². The van der Waals surface area contributed by atoms with Crippen molar-refractivity contribution in [3.05, 3.63) is 63.1 Å². The monoisotopic (exact) mass is 607 g/mol. The molecule has 0 unspecified atom stereocenters. The van der Waals surface area contributed by atoms with Gasteiger partial charge in [-0.05, 0) is 74.0 Å². The molecule has 0 spiro atoms. The molecule has 7 nitrogen and oxygen atoms in total. The van der Waals surface area contributed by atoms with Crippen molar-refractivity contribution in [3.63, 3.8) is 0 Å². The smallest absolute Gasteiger partial charge is 0.381 e. The Kier molecular flexibility index (Phi) is 9.50. The maximum absolute atomic E-state index is 13.9. The number of hydrogen-bond acceptors (Lipinski definition) is 5. The van der Waals surface area contributed by atoms with E-state index in [9.17, 15) is 31.5 Å². The van der Waals surface area contributed by atoms with E-state index in [0.29, 0.717) is 12.8 Å². The molecule has 4 rings (SSSR count). The van der Waals surface area contributed by atoms with Gasteiger partial charge in [-0.2, -0.15) is 17.9 Å². The third kappa shape index (κ3) is 7.25. The summed E-state index contributed by atoms with van der Waals surface area (Å²) in [5.74, 6) is -1.34. The van der Waals surface area contributed by atoms with Crippen LogP contribution in [0.3, 0.4) is 0 Å². The minimum Gasteiger partial charge on any atom is -0.381 e. The quantitative estimate of drug-likeness (QED) is 0.402. The Morgan fingerprint density at radius 2 is 1.82 bits per heavy atom. The highest BCUT2D eigenvalue weighted by Crippen LogP contribution is 2.33. The van der Waals surface area contributed by atoms with Crippen molar-refractivity contribution in [3.8, 4) is 0 Å². The highest BCUT2D eigenvalue weighted by atomic mass is 35.5. The van der Waals surface area contributed by atoms with Crippen LogP contribution < -0.4 is 10.0 Å². The number of sulfonamides is 1. The van der Waals surface area contributed by atoms with E-state index in [2.05, 4.69) is 16.3 Å². The first-order valence-corrected chi connectivity index (χ1v) is 15.0. The molecule has 0 aromatic heterocycles. The van der Waals surface area contributed by atoms with Crippen molar-refractivity contribution in [1.82, 2.24) is 14.9 Å². The molecular weight excluding hydrogens is 578 g/mol. The topological polar surface area (TPSA) is 98.7 Å². The van der Waals surface area contributed by atoms with Gasteiger partial charge in [0.15, 0.2) is 12.1 Å². The summed E-state index contributed by atoms with van der Waals surface area (Å²) >= 11 is 11.7. The normalized spacial score (nSPS) is 20.2. The van der Waals surface area contributed by atoms with Crippen molar-refractivity contribution >= 4 is 39.1 Å². The Bertz CT molecular complexity index is 1300. The highest BCUT2D eigenvalue weighted by molar-refractivity contribution is 7.89. The molecule has 13 heteroatoms. The van der Waals surface area contributed by atoms with Crippen LogP contribution in [0.25, 0.3) is 0 Å². The van der Waals surface area contributed by atoms with Gasteiger partial charge in [0.2, 0.25) is 10.0 Å². The standard InChI is InChI=1S/C26H30Cl2F3N3O4S/c27-19-7-5-9-21(22(19)28)39(37,38)33-24(26(29,30)31)23(35)25(36)32-20-8-4-6-17-14-16(10-11-18(17)20)15-34-12-2-1-3-13-34/h5,7,9-11,14,20,23-24,33,35H,1-4,6,8,12-13,15H2,(H,32,36)/t20-,23-,24-/m1/s1. The van der Waals surface area contributed by atoms with Gasteiger partial charge < -0.3 is 10.4 Å². The van der Waals surface area contributed by atoms with E-state index in [4.69, 9.17) is 23.2 Å². The van der Waals surface area contributed by atoms with Crippen molar-refractivity contribution in [2.24, 2.45) is 0 Å². The van der Waals surface area contributed by atoms with Crippen molar-refractivity contribution in [2.45, 2.75) is 74.3 Å². The fourth-order valence-electron chi connectivity index (χ4n) is 5.13. The van der Waals surface area contributed by atoms with Crippen molar-refractivity contribution in [2.75, 3.05) is 13.1 Å². The molecule has 39 heavy (non-hydrogen) atoms. The number of benzene rings is 2. The van der Waals surface area contributed by atoms with Gasteiger partial charge in [0.05, 0.1) is 16.1 Å². The van der Waals surface area contributed by atoms with Crippen LogP contribution in [0.4, 0.5) is 13.2 Å². The van der Waals surface area contributed by atoms with E-state index in [1.807, 2.05) is 12.1 Å². The van der Waals surface area contributed by atoms with Crippen LogP contribution in [0.2, 0.25) is 10.0 Å². The lowest BCUT2D eigenvalue weighted by Gasteiger charge is -2.31. The summed E-state index contributed by atoms with van der Waals surface area (Å²) in [6.45, 7) is 2.90. The predicted octanol–water partition coefficient (Wildman–Crippen LogP) is 4.74. The lowest BCUT2D eigenvalue weighted by atomic mass is 9.86. The Balaban J connectivity index is 1.49. The Morgan fingerprint density at radius 1 is 1.10 bits per heavy atom. The first-order chi connectivity index (χ1) is 18.4. The molecule has 1 aliphatic heterocycles. The van der Waals surface area contributed by atoms with Crippen molar-refractivity contribution < 1.29 is 31.5 Å². The second-order valence-electron chi connectivity index (χ2n) is 9.96. The third-order valence-electron chi connectivity index (χ3n) is 7.12. The van der Waals surface area contributed by atoms with E-state index in [1.54, 1.807) is 0 Å². The molecule has 214 valence electrons. The van der Waals surface area contributed by atoms with Crippen LogP contribution in [0.15, 0.2) is 41.3 Å². The number of amides is 1. The number of halogens is 5. The molecule has 0 saturated carbocycles. The Labute approximate surface area is 235 Å². The average Bonchev–Trinajstić information content (AvgIpc) is 2.88. The zero-order valence-electron chi connectivity index (χ0n) is 21.0. The molecule has 0 radical (unpaired) electrons. The number of carbonyl (C=O) groups is 1. The van der Waals surface area contributed by atoms with E-state index in [-0.39, 0.29) is 5.02 Å². The van der Waals surface area contributed by atoms with Crippen LogP contribution in [0.1, 0.15) is 54.8 Å². The van der Waals surface area contributed by atoms with Crippen LogP contribution in [0, 0.1) is 0 Å². The van der Waals surface area contributed by atoms with Crippen molar-refractivity contribution in [1.29, 1.82) is 0 Å². The summed E-state index contributed by atoms with van der Waals surface area (Å²) < 4.78 is 68.5. The number of aryl methyl sites for hydroxylation is 1. The Morgan fingerprint density at radius 3 is 2.51 bits per heavy atom. The molecule has 3 N–H and O–H groups in total. The second kappa shape index (κ2) is 12.3. The van der Waals surface area contributed by atoms with Gasteiger partial charge in [-0.25, -0.2) is 8.42 Å².